The van der Waals surface area contributed by atoms with Gasteiger partial charge in [0.2, 0.25) is 5.91 Å². The third-order valence-corrected chi connectivity index (χ3v) is 6.53. The van der Waals surface area contributed by atoms with Crippen LogP contribution in [-0.4, -0.2) is 78.2 Å². The molecule has 2 aliphatic heterocycles. The van der Waals surface area contributed by atoms with Crippen molar-refractivity contribution in [2.24, 2.45) is 5.92 Å². The van der Waals surface area contributed by atoms with Crippen LogP contribution in [0.15, 0.2) is 18.2 Å². The summed E-state index contributed by atoms with van der Waals surface area (Å²) in [5.74, 6) is 2.07. The molecular weight excluding hydrogens is 414 g/mol. The van der Waals surface area contributed by atoms with E-state index in [4.69, 9.17) is 26.3 Å². The fraction of sp³-hybridized carbons (Fsp3) is 0.609. The van der Waals surface area contributed by atoms with Crippen LogP contribution in [0.2, 0.25) is 5.02 Å². The number of ether oxygens (including phenoxy) is 1. The van der Waals surface area contributed by atoms with Gasteiger partial charge in [-0.05, 0) is 51.4 Å². The van der Waals surface area contributed by atoms with Gasteiger partial charge in [-0.15, -0.1) is 0 Å². The Morgan fingerprint density at radius 1 is 1.19 bits per heavy atom. The molecule has 0 aliphatic carbocycles. The van der Waals surface area contributed by atoms with Crippen molar-refractivity contribution in [2.75, 3.05) is 57.4 Å². The zero-order valence-electron chi connectivity index (χ0n) is 18.5. The Labute approximate surface area is 189 Å². The third-order valence-electron chi connectivity index (χ3n) is 6.29. The van der Waals surface area contributed by atoms with Crippen molar-refractivity contribution in [3.8, 4) is 0 Å². The van der Waals surface area contributed by atoms with E-state index in [1.54, 1.807) is 0 Å². The number of carbonyl (C=O) groups excluding carboxylic acids is 1. The Hall–Kier alpha value is -1.96. The first-order chi connectivity index (χ1) is 15.1. The predicted octanol–water partition coefficient (Wildman–Crippen LogP) is 3.20. The molecule has 0 radical (unpaired) electrons. The highest BCUT2D eigenvalue weighted by Crippen LogP contribution is 2.28. The van der Waals surface area contributed by atoms with Gasteiger partial charge in [0.05, 0.1) is 31.2 Å². The molecule has 8 heteroatoms. The quantitative estimate of drug-likeness (QED) is 0.680. The summed E-state index contributed by atoms with van der Waals surface area (Å²) in [6.07, 6.45) is 1.98. The fourth-order valence-electron chi connectivity index (χ4n) is 4.61. The van der Waals surface area contributed by atoms with Crippen LogP contribution < -0.4 is 4.90 Å². The van der Waals surface area contributed by atoms with Crippen LogP contribution in [0.1, 0.15) is 32.5 Å². The second kappa shape index (κ2) is 10.1. The molecule has 1 aromatic heterocycles. The second-order valence-corrected chi connectivity index (χ2v) is 8.75. The molecule has 168 valence electrons. The lowest BCUT2D eigenvalue weighted by Crippen LogP contribution is -2.44. The number of halogens is 1. The first-order valence-corrected chi connectivity index (χ1v) is 11.8. The van der Waals surface area contributed by atoms with Crippen molar-refractivity contribution in [1.29, 1.82) is 0 Å². The predicted molar refractivity (Wildman–Crippen MR) is 124 cm³/mol. The summed E-state index contributed by atoms with van der Waals surface area (Å²) in [4.78, 5) is 29.2. The molecule has 0 spiro atoms. The molecule has 0 saturated carbocycles. The molecule has 1 unspecified atom stereocenters. The van der Waals surface area contributed by atoms with E-state index in [1.165, 1.54) is 0 Å². The van der Waals surface area contributed by atoms with E-state index in [9.17, 15) is 4.79 Å². The summed E-state index contributed by atoms with van der Waals surface area (Å²) in [5.41, 5.74) is 0.867. The van der Waals surface area contributed by atoms with Crippen LogP contribution in [0.4, 0.5) is 5.82 Å². The highest BCUT2D eigenvalue weighted by atomic mass is 35.5. The summed E-state index contributed by atoms with van der Waals surface area (Å²) in [7, 11) is 0. The van der Waals surface area contributed by atoms with Crippen molar-refractivity contribution in [2.45, 2.75) is 33.2 Å². The van der Waals surface area contributed by atoms with Crippen LogP contribution >= 0.6 is 11.6 Å². The molecule has 1 amide bonds. The van der Waals surface area contributed by atoms with Gasteiger partial charge >= 0.3 is 0 Å². The smallest absolute Gasteiger partial charge is 0.226 e. The number of anilines is 1. The number of amides is 1. The van der Waals surface area contributed by atoms with Crippen LogP contribution in [0.25, 0.3) is 10.9 Å². The number of benzene rings is 1. The second-order valence-electron chi connectivity index (χ2n) is 8.31. The van der Waals surface area contributed by atoms with Crippen LogP contribution in [0.3, 0.4) is 0 Å². The van der Waals surface area contributed by atoms with Gasteiger partial charge in [0.25, 0.3) is 0 Å². The largest absolute Gasteiger partial charge is 0.378 e. The fourth-order valence-corrected chi connectivity index (χ4v) is 4.78. The Morgan fingerprint density at radius 2 is 1.97 bits per heavy atom. The minimum atomic E-state index is 0.0577. The zero-order valence-corrected chi connectivity index (χ0v) is 19.3. The molecule has 4 rings (SSSR count). The van der Waals surface area contributed by atoms with Crippen LogP contribution in [0.5, 0.6) is 0 Å². The average molecular weight is 446 g/mol. The lowest BCUT2D eigenvalue weighted by atomic mass is 9.96. The Morgan fingerprint density at radius 3 is 2.71 bits per heavy atom. The summed E-state index contributed by atoms with van der Waals surface area (Å²) < 4.78 is 5.53. The molecule has 2 aromatic rings. The van der Waals surface area contributed by atoms with E-state index in [1.807, 2.05) is 36.9 Å². The normalized spacial score (nSPS) is 20.2. The van der Waals surface area contributed by atoms with Gasteiger partial charge in [0, 0.05) is 43.1 Å². The summed E-state index contributed by atoms with van der Waals surface area (Å²) in [5, 5.41) is 1.69. The van der Waals surface area contributed by atoms with Crippen LogP contribution in [-0.2, 0) is 16.1 Å². The van der Waals surface area contributed by atoms with Gasteiger partial charge in [0.15, 0.2) is 0 Å². The summed E-state index contributed by atoms with van der Waals surface area (Å²) in [6.45, 7) is 11.0. The molecule has 3 heterocycles. The Kier molecular flexibility index (Phi) is 7.25. The minimum Gasteiger partial charge on any atom is -0.378 e. The molecule has 0 N–H and O–H groups in total. The standard InChI is InChI=1S/C23H32ClN5O2/c1-3-28(4-2)23(30)17-6-5-9-27(15-17)16-21-25-20-14-18(24)7-8-19(20)22(26-21)29-10-12-31-13-11-29/h7-8,14,17H,3-6,9-13,15-16H2,1-2H3. The van der Waals surface area contributed by atoms with Gasteiger partial charge in [0.1, 0.15) is 11.6 Å². The first-order valence-electron chi connectivity index (χ1n) is 11.4. The SMILES string of the molecule is CCN(CC)C(=O)C1CCCN(Cc2nc(N3CCOCC3)c3ccc(Cl)cc3n2)C1. The molecular formula is C23H32ClN5O2. The van der Waals surface area contributed by atoms with E-state index in [-0.39, 0.29) is 11.8 Å². The lowest BCUT2D eigenvalue weighted by Gasteiger charge is -2.34. The van der Waals surface area contributed by atoms with E-state index >= 15 is 0 Å². The van der Waals surface area contributed by atoms with Gasteiger partial charge in [-0.1, -0.05) is 11.6 Å². The number of morpholine rings is 1. The topological polar surface area (TPSA) is 61.8 Å². The molecule has 1 atom stereocenters. The van der Waals surface area contributed by atoms with Crippen LogP contribution in [0, 0.1) is 5.92 Å². The number of nitrogens with zero attached hydrogens (tertiary/aromatic N) is 5. The molecule has 2 aliphatic rings. The Bertz CT molecular complexity index is 914. The highest BCUT2D eigenvalue weighted by Gasteiger charge is 2.29. The number of piperidine rings is 1. The van der Waals surface area contributed by atoms with E-state index in [0.29, 0.717) is 24.8 Å². The Balaban J connectivity index is 1.57. The first kappa shape index (κ1) is 22.2. The van der Waals surface area contributed by atoms with Crippen molar-refractivity contribution in [3.05, 3.63) is 29.0 Å². The monoisotopic (exact) mass is 445 g/mol. The van der Waals surface area contributed by atoms with Gasteiger partial charge in [-0.25, -0.2) is 9.97 Å². The molecule has 2 fully saturated rings. The number of carbonyl (C=O) groups is 1. The van der Waals surface area contributed by atoms with E-state index in [2.05, 4.69) is 9.80 Å². The number of fused-ring (bicyclic) bond motifs is 1. The van der Waals surface area contributed by atoms with Crippen molar-refractivity contribution in [3.63, 3.8) is 0 Å². The molecule has 2 saturated heterocycles. The number of aromatic nitrogens is 2. The van der Waals surface area contributed by atoms with E-state index in [0.717, 1.165) is 74.7 Å². The van der Waals surface area contributed by atoms with Gasteiger partial charge in [-0.3, -0.25) is 9.69 Å². The summed E-state index contributed by atoms with van der Waals surface area (Å²) >= 11 is 6.27. The third kappa shape index (κ3) is 5.10. The highest BCUT2D eigenvalue weighted by molar-refractivity contribution is 6.31. The number of rotatable bonds is 6. The molecule has 7 nitrogen and oxygen atoms in total. The average Bonchev–Trinajstić information content (AvgIpc) is 2.80. The maximum absolute atomic E-state index is 12.9. The minimum absolute atomic E-state index is 0.0577. The maximum Gasteiger partial charge on any atom is 0.226 e. The number of hydrogen-bond acceptors (Lipinski definition) is 6. The number of hydrogen-bond donors (Lipinski definition) is 0. The summed E-state index contributed by atoms with van der Waals surface area (Å²) in [6, 6.07) is 5.81. The molecule has 0 bridgehead atoms. The zero-order chi connectivity index (χ0) is 21.8. The van der Waals surface area contributed by atoms with Gasteiger partial charge in [-0.2, -0.15) is 0 Å². The van der Waals surface area contributed by atoms with Gasteiger partial charge < -0.3 is 14.5 Å². The van der Waals surface area contributed by atoms with E-state index < -0.39 is 0 Å². The molecule has 1 aromatic carbocycles. The van der Waals surface area contributed by atoms with Crippen molar-refractivity contribution >= 4 is 34.2 Å². The number of likely N-dealkylation sites (tertiary alicyclic amines) is 1. The van der Waals surface area contributed by atoms with Crippen molar-refractivity contribution < 1.29 is 9.53 Å². The molecule has 31 heavy (non-hydrogen) atoms. The maximum atomic E-state index is 12.9. The van der Waals surface area contributed by atoms with Crippen molar-refractivity contribution in [1.82, 2.24) is 19.8 Å². The lowest BCUT2D eigenvalue weighted by molar-refractivity contribution is -0.137.